The van der Waals surface area contributed by atoms with Gasteiger partial charge in [-0.2, -0.15) is 0 Å². The number of carbonyl (C=O) groups excluding carboxylic acids is 1. The summed E-state index contributed by atoms with van der Waals surface area (Å²) in [6, 6.07) is 7.55. The normalized spacial score (nSPS) is 16.3. The molecule has 1 fully saturated rings. The van der Waals surface area contributed by atoms with Gasteiger partial charge in [-0.3, -0.25) is 0 Å². The third-order valence-corrected chi connectivity index (χ3v) is 3.45. The summed E-state index contributed by atoms with van der Waals surface area (Å²) < 4.78 is 5.53. The molecule has 3 nitrogen and oxygen atoms in total. The van der Waals surface area contributed by atoms with Crippen LogP contribution in [0.2, 0.25) is 0 Å². The average molecular weight is 247 g/mol. The number of rotatable bonds is 3. The first-order valence-electron chi connectivity index (χ1n) is 6.65. The van der Waals surface area contributed by atoms with Crippen LogP contribution in [-0.2, 0) is 4.74 Å². The molecule has 1 saturated carbocycles. The van der Waals surface area contributed by atoms with E-state index in [0.717, 1.165) is 18.5 Å². The van der Waals surface area contributed by atoms with Gasteiger partial charge in [0.25, 0.3) is 0 Å². The summed E-state index contributed by atoms with van der Waals surface area (Å²) in [5, 5.41) is 0. The highest BCUT2D eigenvalue weighted by molar-refractivity contribution is 5.89. The molecular formula is C15H21NO2. The lowest BCUT2D eigenvalue weighted by molar-refractivity contribution is 0.0211. The molecule has 0 atom stereocenters. The lowest BCUT2D eigenvalue weighted by Gasteiger charge is -2.22. The zero-order valence-electron chi connectivity index (χ0n) is 11.2. The summed E-state index contributed by atoms with van der Waals surface area (Å²) in [5.74, 6) is -0.188. The molecule has 1 aliphatic carbocycles. The number of nitrogens with zero attached hydrogens (tertiary/aromatic N) is 1. The fraction of sp³-hybridized carbons (Fsp3) is 0.533. The minimum Gasteiger partial charge on any atom is -0.459 e. The summed E-state index contributed by atoms with van der Waals surface area (Å²) in [6.07, 6.45) is 5.78. The van der Waals surface area contributed by atoms with Crippen molar-refractivity contribution in [3.63, 3.8) is 0 Å². The van der Waals surface area contributed by atoms with Crippen molar-refractivity contribution < 1.29 is 9.53 Å². The SMILES string of the molecule is CN(C)c1ccc(C(=O)OC2CCCCC2)cc1. The molecule has 0 saturated heterocycles. The van der Waals surface area contributed by atoms with Crippen molar-refractivity contribution in [3.05, 3.63) is 29.8 Å². The highest BCUT2D eigenvalue weighted by Crippen LogP contribution is 2.22. The molecule has 0 unspecified atom stereocenters. The van der Waals surface area contributed by atoms with Gasteiger partial charge in [0.1, 0.15) is 6.10 Å². The highest BCUT2D eigenvalue weighted by atomic mass is 16.5. The molecule has 0 bridgehead atoms. The second-order valence-electron chi connectivity index (χ2n) is 5.11. The van der Waals surface area contributed by atoms with Crippen LogP contribution in [0, 0.1) is 0 Å². The van der Waals surface area contributed by atoms with Crippen LogP contribution in [0.5, 0.6) is 0 Å². The van der Waals surface area contributed by atoms with Crippen LogP contribution in [0.4, 0.5) is 5.69 Å². The number of hydrogen-bond acceptors (Lipinski definition) is 3. The maximum absolute atomic E-state index is 12.0. The Labute approximate surface area is 109 Å². The first-order valence-corrected chi connectivity index (χ1v) is 6.65. The van der Waals surface area contributed by atoms with Crippen LogP contribution in [0.25, 0.3) is 0 Å². The average Bonchev–Trinajstić information content (AvgIpc) is 2.40. The van der Waals surface area contributed by atoms with Crippen molar-refractivity contribution in [1.29, 1.82) is 0 Å². The summed E-state index contributed by atoms with van der Waals surface area (Å²) in [4.78, 5) is 14.0. The molecule has 0 aliphatic heterocycles. The predicted octanol–water partition coefficient (Wildman–Crippen LogP) is 3.24. The Hall–Kier alpha value is -1.51. The van der Waals surface area contributed by atoms with E-state index >= 15 is 0 Å². The maximum atomic E-state index is 12.0. The van der Waals surface area contributed by atoms with Gasteiger partial charge in [0.05, 0.1) is 5.56 Å². The zero-order chi connectivity index (χ0) is 13.0. The Morgan fingerprint density at radius 2 is 1.72 bits per heavy atom. The minimum atomic E-state index is -0.188. The number of benzene rings is 1. The fourth-order valence-electron chi connectivity index (χ4n) is 2.30. The fourth-order valence-corrected chi connectivity index (χ4v) is 2.30. The van der Waals surface area contributed by atoms with Crippen LogP contribution in [0.15, 0.2) is 24.3 Å². The van der Waals surface area contributed by atoms with E-state index in [1.54, 1.807) is 0 Å². The van der Waals surface area contributed by atoms with Crippen molar-refractivity contribution in [2.24, 2.45) is 0 Å². The quantitative estimate of drug-likeness (QED) is 0.768. The van der Waals surface area contributed by atoms with E-state index in [-0.39, 0.29) is 12.1 Å². The number of esters is 1. The Morgan fingerprint density at radius 1 is 1.11 bits per heavy atom. The standard InChI is InChI=1S/C15H21NO2/c1-16(2)13-10-8-12(9-11-13)15(17)18-14-6-4-3-5-7-14/h8-11,14H,3-7H2,1-2H3. The molecule has 3 heteroatoms. The summed E-state index contributed by atoms with van der Waals surface area (Å²) in [6.45, 7) is 0. The number of ether oxygens (including phenoxy) is 1. The molecule has 0 radical (unpaired) electrons. The lowest BCUT2D eigenvalue weighted by Crippen LogP contribution is -2.21. The zero-order valence-corrected chi connectivity index (χ0v) is 11.2. The first kappa shape index (κ1) is 12.9. The van der Waals surface area contributed by atoms with Crippen LogP contribution in [0.1, 0.15) is 42.5 Å². The van der Waals surface area contributed by atoms with Gasteiger partial charge in [-0.05, 0) is 49.9 Å². The second-order valence-corrected chi connectivity index (χ2v) is 5.11. The van der Waals surface area contributed by atoms with Crippen LogP contribution in [-0.4, -0.2) is 26.2 Å². The van der Waals surface area contributed by atoms with Gasteiger partial charge in [-0.15, -0.1) is 0 Å². The molecule has 0 heterocycles. The highest BCUT2D eigenvalue weighted by Gasteiger charge is 2.18. The monoisotopic (exact) mass is 247 g/mol. The smallest absolute Gasteiger partial charge is 0.338 e. The van der Waals surface area contributed by atoms with Crippen molar-refractivity contribution in [1.82, 2.24) is 0 Å². The Bertz CT molecular complexity index is 391. The third kappa shape index (κ3) is 3.25. The Morgan fingerprint density at radius 3 is 2.28 bits per heavy atom. The van der Waals surface area contributed by atoms with Crippen molar-refractivity contribution in [2.45, 2.75) is 38.2 Å². The van der Waals surface area contributed by atoms with E-state index in [1.807, 2.05) is 43.3 Å². The molecular weight excluding hydrogens is 226 g/mol. The van der Waals surface area contributed by atoms with Crippen molar-refractivity contribution in [2.75, 3.05) is 19.0 Å². The summed E-state index contributed by atoms with van der Waals surface area (Å²) >= 11 is 0. The van der Waals surface area contributed by atoms with Crippen molar-refractivity contribution >= 4 is 11.7 Å². The molecule has 2 rings (SSSR count). The van der Waals surface area contributed by atoms with E-state index in [9.17, 15) is 4.79 Å². The van der Waals surface area contributed by atoms with Crippen LogP contribution in [0.3, 0.4) is 0 Å². The van der Waals surface area contributed by atoms with Crippen molar-refractivity contribution in [3.8, 4) is 0 Å². The van der Waals surface area contributed by atoms with E-state index < -0.39 is 0 Å². The van der Waals surface area contributed by atoms with E-state index in [2.05, 4.69) is 0 Å². The van der Waals surface area contributed by atoms with E-state index in [4.69, 9.17) is 4.74 Å². The van der Waals surface area contributed by atoms with Gasteiger partial charge in [0, 0.05) is 19.8 Å². The molecule has 98 valence electrons. The molecule has 0 N–H and O–H groups in total. The largest absolute Gasteiger partial charge is 0.459 e. The number of carbonyl (C=O) groups is 1. The topological polar surface area (TPSA) is 29.5 Å². The molecule has 1 aliphatic rings. The molecule has 0 amide bonds. The number of hydrogen-bond donors (Lipinski definition) is 0. The summed E-state index contributed by atoms with van der Waals surface area (Å²) in [5.41, 5.74) is 1.73. The van der Waals surface area contributed by atoms with Gasteiger partial charge < -0.3 is 9.64 Å². The van der Waals surface area contributed by atoms with Crippen LogP contribution < -0.4 is 4.90 Å². The van der Waals surface area contributed by atoms with Crippen LogP contribution >= 0.6 is 0 Å². The molecule has 0 spiro atoms. The lowest BCUT2D eigenvalue weighted by atomic mass is 9.98. The Balaban J connectivity index is 1.95. The number of anilines is 1. The van der Waals surface area contributed by atoms with E-state index in [1.165, 1.54) is 19.3 Å². The van der Waals surface area contributed by atoms with Gasteiger partial charge >= 0.3 is 5.97 Å². The van der Waals surface area contributed by atoms with Gasteiger partial charge in [0.15, 0.2) is 0 Å². The second kappa shape index (κ2) is 5.89. The maximum Gasteiger partial charge on any atom is 0.338 e. The van der Waals surface area contributed by atoms with Gasteiger partial charge in [-0.1, -0.05) is 6.42 Å². The summed E-state index contributed by atoms with van der Waals surface area (Å²) in [7, 11) is 3.96. The third-order valence-electron chi connectivity index (χ3n) is 3.45. The molecule has 18 heavy (non-hydrogen) atoms. The van der Waals surface area contributed by atoms with Gasteiger partial charge in [0.2, 0.25) is 0 Å². The molecule has 0 aromatic heterocycles. The van der Waals surface area contributed by atoms with Gasteiger partial charge in [-0.25, -0.2) is 4.79 Å². The molecule has 1 aromatic rings. The van der Waals surface area contributed by atoms with E-state index in [0.29, 0.717) is 5.56 Å². The first-order chi connectivity index (χ1) is 8.66. The molecule has 1 aromatic carbocycles. The predicted molar refractivity (Wildman–Crippen MR) is 73.1 cm³/mol. The Kier molecular flexibility index (Phi) is 4.24. The minimum absolute atomic E-state index is 0.125.